The molecule has 0 bridgehead atoms. The second-order valence-electron chi connectivity index (χ2n) is 3.62. The molecule has 80 valence electrons. The Morgan fingerprint density at radius 3 is 2.50 bits per heavy atom. The van der Waals surface area contributed by atoms with Gasteiger partial charge in [0.25, 0.3) is 0 Å². The highest BCUT2D eigenvalue weighted by Crippen LogP contribution is 2.27. The van der Waals surface area contributed by atoms with Crippen LogP contribution in [0.2, 0.25) is 5.02 Å². The normalized spacial score (nSPS) is 10.1. The summed E-state index contributed by atoms with van der Waals surface area (Å²) in [5, 5.41) is 0.697. The Bertz CT molecular complexity index is 532. The first-order valence-electron chi connectivity index (χ1n) is 5.04. The summed E-state index contributed by atoms with van der Waals surface area (Å²) < 4.78 is 0. The number of halogens is 1. The lowest BCUT2D eigenvalue weighted by atomic mass is 10.0. The third-order valence-corrected chi connectivity index (χ3v) is 2.78. The van der Waals surface area contributed by atoms with Crippen LogP contribution in [0.3, 0.4) is 0 Å². The zero-order valence-electron chi connectivity index (χ0n) is 8.91. The summed E-state index contributed by atoms with van der Waals surface area (Å²) in [5.74, 6) is 0.0638. The molecule has 1 nitrogen and oxygen atoms in total. The van der Waals surface area contributed by atoms with Crippen LogP contribution in [0.4, 0.5) is 0 Å². The molecule has 0 heterocycles. The predicted molar refractivity (Wildman–Crippen MR) is 66.9 cm³/mol. The standard InChI is InChI=1S/C14H11ClO/c1-10(16)11-5-4-6-12(9-11)13-7-2-3-8-14(13)15/h2-9H,1H3. The SMILES string of the molecule is CC(=O)c1cccc(-c2ccccc2Cl)c1. The Balaban J connectivity index is 2.53. The van der Waals surface area contributed by atoms with E-state index in [-0.39, 0.29) is 5.78 Å². The van der Waals surface area contributed by atoms with Crippen LogP contribution in [0.15, 0.2) is 48.5 Å². The Morgan fingerprint density at radius 1 is 1.06 bits per heavy atom. The summed E-state index contributed by atoms with van der Waals surface area (Å²) in [6, 6.07) is 15.1. The lowest BCUT2D eigenvalue weighted by Crippen LogP contribution is -1.91. The number of ketones is 1. The van der Waals surface area contributed by atoms with Crippen molar-refractivity contribution in [3.63, 3.8) is 0 Å². The monoisotopic (exact) mass is 230 g/mol. The van der Waals surface area contributed by atoms with Crippen molar-refractivity contribution in [2.24, 2.45) is 0 Å². The number of Topliss-reactive ketones (excluding diaryl/α,β-unsaturated/α-hetero) is 1. The molecule has 2 aromatic rings. The molecule has 16 heavy (non-hydrogen) atoms. The Labute approximate surface area is 99.7 Å². The van der Waals surface area contributed by atoms with E-state index in [9.17, 15) is 4.79 Å². The second kappa shape index (κ2) is 4.50. The summed E-state index contributed by atoms with van der Waals surface area (Å²) >= 11 is 6.11. The largest absolute Gasteiger partial charge is 0.295 e. The van der Waals surface area contributed by atoms with Gasteiger partial charge < -0.3 is 0 Å². The van der Waals surface area contributed by atoms with Gasteiger partial charge in [-0.05, 0) is 24.6 Å². The third-order valence-electron chi connectivity index (χ3n) is 2.45. The minimum absolute atomic E-state index is 0.0638. The van der Waals surface area contributed by atoms with Gasteiger partial charge in [0, 0.05) is 16.1 Å². The van der Waals surface area contributed by atoms with Gasteiger partial charge in [-0.25, -0.2) is 0 Å². The highest BCUT2D eigenvalue weighted by molar-refractivity contribution is 6.33. The molecular weight excluding hydrogens is 220 g/mol. The minimum Gasteiger partial charge on any atom is -0.295 e. The number of hydrogen-bond donors (Lipinski definition) is 0. The predicted octanol–water partition coefficient (Wildman–Crippen LogP) is 4.21. The van der Waals surface area contributed by atoms with E-state index in [2.05, 4.69) is 0 Å². The van der Waals surface area contributed by atoms with E-state index < -0.39 is 0 Å². The summed E-state index contributed by atoms with van der Waals surface area (Å²) in [4.78, 5) is 11.3. The van der Waals surface area contributed by atoms with Crippen LogP contribution in [-0.4, -0.2) is 5.78 Å². The molecule has 0 aromatic heterocycles. The van der Waals surface area contributed by atoms with Crippen molar-refractivity contribution in [3.8, 4) is 11.1 Å². The zero-order valence-corrected chi connectivity index (χ0v) is 9.66. The molecule has 0 fully saturated rings. The van der Waals surface area contributed by atoms with Crippen LogP contribution in [-0.2, 0) is 0 Å². The van der Waals surface area contributed by atoms with Crippen molar-refractivity contribution in [2.45, 2.75) is 6.92 Å². The third kappa shape index (κ3) is 2.15. The van der Waals surface area contributed by atoms with E-state index in [1.54, 1.807) is 6.92 Å². The van der Waals surface area contributed by atoms with Crippen molar-refractivity contribution >= 4 is 17.4 Å². The topological polar surface area (TPSA) is 17.1 Å². The molecule has 0 saturated carbocycles. The van der Waals surface area contributed by atoms with E-state index in [1.807, 2.05) is 48.5 Å². The smallest absolute Gasteiger partial charge is 0.159 e. The summed E-state index contributed by atoms with van der Waals surface area (Å²) in [6.07, 6.45) is 0. The van der Waals surface area contributed by atoms with E-state index >= 15 is 0 Å². The molecule has 0 aliphatic carbocycles. The number of carbonyl (C=O) groups is 1. The molecular formula is C14H11ClO. The summed E-state index contributed by atoms with van der Waals surface area (Å²) in [7, 11) is 0. The fourth-order valence-corrected chi connectivity index (χ4v) is 1.85. The Kier molecular flexibility index (Phi) is 3.07. The van der Waals surface area contributed by atoms with Crippen LogP contribution < -0.4 is 0 Å². The number of rotatable bonds is 2. The van der Waals surface area contributed by atoms with Gasteiger partial charge in [0.05, 0.1) is 0 Å². The highest BCUT2D eigenvalue weighted by Gasteiger charge is 2.04. The molecule has 2 aromatic carbocycles. The van der Waals surface area contributed by atoms with Gasteiger partial charge in [-0.2, -0.15) is 0 Å². The van der Waals surface area contributed by atoms with Gasteiger partial charge in [-0.1, -0.05) is 48.0 Å². The zero-order chi connectivity index (χ0) is 11.5. The molecule has 0 saturated heterocycles. The molecule has 0 unspecified atom stereocenters. The average molecular weight is 231 g/mol. The average Bonchev–Trinajstić information content (AvgIpc) is 2.30. The van der Waals surface area contributed by atoms with Crippen molar-refractivity contribution in [3.05, 3.63) is 59.1 Å². The van der Waals surface area contributed by atoms with E-state index in [0.717, 1.165) is 11.1 Å². The minimum atomic E-state index is 0.0638. The fourth-order valence-electron chi connectivity index (χ4n) is 1.60. The summed E-state index contributed by atoms with van der Waals surface area (Å²) in [6.45, 7) is 1.56. The maximum absolute atomic E-state index is 11.3. The van der Waals surface area contributed by atoms with E-state index in [0.29, 0.717) is 10.6 Å². The van der Waals surface area contributed by atoms with Gasteiger partial charge in [0.15, 0.2) is 5.78 Å². The Morgan fingerprint density at radius 2 is 1.81 bits per heavy atom. The lowest BCUT2D eigenvalue weighted by molar-refractivity contribution is 0.101. The first-order chi connectivity index (χ1) is 7.68. The second-order valence-corrected chi connectivity index (χ2v) is 4.02. The molecule has 0 N–H and O–H groups in total. The van der Waals surface area contributed by atoms with Crippen LogP contribution in [0.5, 0.6) is 0 Å². The van der Waals surface area contributed by atoms with E-state index in [1.165, 1.54) is 0 Å². The van der Waals surface area contributed by atoms with E-state index in [4.69, 9.17) is 11.6 Å². The van der Waals surface area contributed by atoms with Gasteiger partial charge in [-0.3, -0.25) is 4.79 Å². The number of hydrogen-bond acceptors (Lipinski definition) is 1. The van der Waals surface area contributed by atoms with Gasteiger partial charge in [0.2, 0.25) is 0 Å². The quantitative estimate of drug-likeness (QED) is 0.707. The number of benzene rings is 2. The first kappa shape index (κ1) is 10.9. The Hall–Kier alpha value is -1.60. The van der Waals surface area contributed by atoms with Crippen molar-refractivity contribution in [1.29, 1.82) is 0 Å². The van der Waals surface area contributed by atoms with Gasteiger partial charge in [-0.15, -0.1) is 0 Å². The van der Waals surface area contributed by atoms with Crippen LogP contribution in [0, 0.1) is 0 Å². The van der Waals surface area contributed by atoms with Crippen LogP contribution in [0.1, 0.15) is 17.3 Å². The van der Waals surface area contributed by atoms with Crippen LogP contribution in [0.25, 0.3) is 11.1 Å². The molecule has 2 heteroatoms. The van der Waals surface area contributed by atoms with Gasteiger partial charge in [0.1, 0.15) is 0 Å². The summed E-state index contributed by atoms with van der Waals surface area (Å²) in [5.41, 5.74) is 2.63. The molecule has 0 atom stereocenters. The maximum Gasteiger partial charge on any atom is 0.159 e. The highest BCUT2D eigenvalue weighted by atomic mass is 35.5. The van der Waals surface area contributed by atoms with Crippen molar-refractivity contribution in [2.75, 3.05) is 0 Å². The first-order valence-corrected chi connectivity index (χ1v) is 5.42. The maximum atomic E-state index is 11.3. The molecule has 0 aliphatic rings. The van der Waals surface area contributed by atoms with Gasteiger partial charge >= 0.3 is 0 Å². The molecule has 0 radical (unpaired) electrons. The molecule has 0 spiro atoms. The molecule has 0 amide bonds. The van der Waals surface area contributed by atoms with Crippen molar-refractivity contribution in [1.82, 2.24) is 0 Å². The lowest BCUT2D eigenvalue weighted by Gasteiger charge is -2.05. The molecule has 0 aliphatic heterocycles. The molecule has 2 rings (SSSR count). The number of carbonyl (C=O) groups excluding carboxylic acids is 1. The fraction of sp³-hybridized carbons (Fsp3) is 0.0714. The van der Waals surface area contributed by atoms with Crippen molar-refractivity contribution < 1.29 is 4.79 Å². The van der Waals surface area contributed by atoms with Crippen LogP contribution >= 0.6 is 11.6 Å².